The minimum absolute atomic E-state index is 1.00. The fraction of sp³-hybridized carbons (Fsp3) is 0.286. The molecule has 0 atom stereocenters. The Bertz CT molecular complexity index is 237. The Labute approximate surface area is 69.3 Å². The molecule has 1 heterocycles. The summed E-state index contributed by atoms with van der Waals surface area (Å²) in [6.07, 6.45) is 0. The van der Waals surface area contributed by atoms with Gasteiger partial charge in [0.15, 0.2) is 0 Å². The van der Waals surface area contributed by atoms with Gasteiger partial charge in [-0.3, -0.25) is 4.98 Å². The van der Waals surface area contributed by atoms with E-state index in [9.17, 15) is 0 Å². The van der Waals surface area contributed by atoms with Gasteiger partial charge in [-0.15, -0.1) is 0 Å². The average molecular weight is 174 g/mol. The number of aromatic nitrogens is 1. The number of aryl methyl sites for hydroxylation is 2. The van der Waals surface area contributed by atoms with E-state index in [0.29, 0.717) is 0 Å². The maximum atomic E-state index is 5.56. The molecule has 10 heavy (non-hydrogen) atoms. The highest BCUT2D eigenvalue weighted by atomic mass is 35.7. The molecule has 0 fully saturated rings. The summed E-state index contributed by atoms with van der Waals surface area (Å²) in [6, 6.07) is 3.94. The summed E-state index contributed by atoms with van der Waals surface area (Å²) in [4.78, 5) is 5.27. The summed E-state index contributed by atoms with van der Waals surface area (Å²) < 4.78 is 0. The van der Waals surface area contributed by atoms with Crippen molar-refractivity contribution >= 4 is 21.7 Å². The Morgan fingerprint density at radius 3 is 2.60 bits per heavy atom. The topological polar surface area (TPSA) is 12.9 Å². The van der Waals surface area contributed by atoms with Crippen molar-refractivity contribution in [2.75, 3.05) is 0 Å². The van der Waals surface area contributed by atoms with Crippen LogP contribution in [-0.4, -0.2) is 4.98 Å². The van der Waals surface area contributed by atoms with Gasteiger partial charge in [-0.25, -0.2) is 0 Å². The van der Waals surface area contributed by atoms with Crippen LogP contribution in [0.4, 0.5) is 0 Å². The van der Waals surface area contributed by atoms with E-state index in [-0.39, 0.29) is 0 Å². The van der Waals surface area contributed by atoms with Gasteiger partial charge in [-0.05, 0) is 47.6 Å². The number of halogens is 1. The molecule has 0 amide bonds. The van der Waals surface area contributed by atoms with Gasteiger partial charge in [0, 0.05) is 10.6 Å². The lowest BCUT2D eigenvalue weighted by Crippen LogP contribution is -1.86. The predicted molar refractivity (Wildman–Crippen MR) is 45.4 cm³/mol. The highest BCUT2D eigenvalue weighted by Crippen LogP contribution is 2.23. The van der Waals surface area contributed by atoms with Crippen LogP contribution in [0.1, 0.15) is 11.4 Å². The average Bonchev–Trinajstić information content (AvgIpc) is 1.88. The molecule has 0 saturated carbocycles. The van der Waals surface area contributed by atoms with Gasteiger partial charge in [-0.2, -0.15) is 0 Å². The highest BCUT2D eigenvalue weighted by molar-refractivity contribution is 8.21. The fourth-order valence-corrected chi connectivity index (χ4v) is 1.52. The summed E-state index contributed by atoms with van der Waals surface area (Å²) >= 11 is 0. The molecule has 0 bridgehead atoms. The van der Waals surface area contributed by atoms with E-state index in [0.717, 1.165) is 16.3 Å². The van der Waals surface area contributed by atoms with Crippen LogP contribution in [-0.2, 0) is 0 Å². The van der Waals surface area contributed by atoms with E-state index in [2.05, 4.69) is 4.98 Å². The third kappa shape index (κ3) is 1.64. The van der Waals surface area contributed by atoms with Crippen molar-refractivity contribution < 1.29 is 0 Å². The molecule has 0 aliphatic rings. The Morgan fingerprint density at radius 1 is 1.40 bits per heavy atom. The molecule has 0 spiro atoms. The number of hydrogen-bond donors (Lipinski definition) is 0. The second-order valence-corrected chi connectivity index (χ2v) is 3.17. The zero-order valence-corrected chi connectivity index (χ0v) is 7.46. The Balaban J connectivity index is 3.07. The predicted octanol–water partition coefficient (Wildman–Crippen LogP) is 2.94. The van der Waals surface area contributed by atoms with Crippen molar-refractivity contribution in [2.45, 2.75) is 18.7 Å². The molecule has 0 aliphatic carbocycles. The van der Waals surface area contributed by atoms with Gasteiger partial charge in [0.1, 0.15) is 0 Å². The first-order valence-corrected chi connectivity index (χ1v) is 4.61. The van der Waals surface area contributed by atoms with E-state index in [1.165, 1.54) is 11.0 Å². The maximum Gasteiger partial charge on any atom is 0.0523 e. The van der Waals surface area contributed by atoms with E-state index in [4.69, 9.17) is 10.7 Å². The molecule has 1 nitrogen and oxygen atoms in total. The minimum Gasteiger partial charge on any atom is -0.257 e. The van der Waals surface area contributed by atoms with E-state index in [1.54, 1.807) is 0 Å². The molecule has 0 N–H and O–H groups in total. The van der Waals surface area contributed by atoms with E-state index >= 15 is 0 Å². The first-order valence-electron chi connectivity index (χ1n) is 2.97. The summed E-state index contributed by atoms with van der Waals surface area (Å²) in [5, 5.41) is 0. The maximum absolute atomic E-state index is 5.56. The largest absolute Gasteiger partial charge is 0.257 e. The van der Waals surface area contributed by atoms with Crippen molar-refractivity contribution in [3.05, 3.63) is 23.5 Å². The summed E-state index contributed by atoms with van der Waals surface area (Å²) in [7, 11) is 6.78. The highest BCUT2D eigenvalue weighted by Gasteiger charge is 1.97. The van der Waals surface area contributed by atoms with Gasteiger partial charge in [0.05, 0.1) is 5.69 Å². The monoisotopic (exact) mass is 173 g/mol. The molecule has 1 aromatic heterocycles. The standard InChI is InChI=1S/C7H8ClNS/c1-5-3-4-7(10-8)6(2)9-5/h3-4H,1-2H3. The molecule has 0 saturated heterocycles. The van der Waals surface area contributed by atoms with E-state index < -0.39 is 0 Å². The van der Waals surface area contributed by atoms with Crippen LogP contribution in [0.5, 0.6) is 0 Å². The molecular formula is C7H8ClNS. The van der Waals surface area contributed by atoms with Crippen LogP contribution < -0.4 is 0 Å². The quantitative estimate of drug-likeness (QED) is 0.648. The molecular weight excluding hydrogens is 166 g/mol. The first-order chi connectivity index (χ1) is 4.74. The number of pyridine rings is 1. The summed E-state index contributed by atoms with van der Waals surface area (Å²) in [6.45, 7) is 3.92. The molecule has 1 aromatic rings. The SMILES string of the molecule is Cc1ccc(SCl)c(C)n1. The van der Waals surface area contributed by atoms with Crippen LogP contribution >= 0.6 is 21.7 Å². The third-order valence-corrected chi connectivity index (χ3v) is 2.36. The second kappa shape index (κ2) is 3.26. The lowest BCUT2D eigenvalue weighted by atomic mass is 10.3. The van der Waals surface area contributed by atoms with Gasteiger partial charge >= 0.3 is 0 Å². The van der Waals surface area contributed by atoms with E-state index in [1.807, 2.05) is 26.0 Å². The van der Waals surface area contributed by atoms with Gasteiger partial charge in [0.2, 0.25) is 0 Å². The zero-order chi connectivity index (χ0) is 7.56. The normalized spacial score (nSPS) is 9.90. The molecule has 54 valence electrons. The molecule has 1 rings (SSSR count). The first kappa shape index (κ1) is 7.89. The summed E-state index contributed by atoms with van der Waals surface area (Å²) in [5.74, 6) is 0. The van der Waals surface area contributed by atoms with Crippen molar-refractivity contribution in [3.63, 3.8) is 0 Å². The van der Waals surface area contributed by atoms with Crippen LogP contribution in [0, 0.1) is 13.8 Å². The molecule has 0 radical (unpaired) electrons. The molecule has 3 heteroatoms. The molecule has 0 unspecified atom stereocenters. The van der Waals surface area contributed by atoms with Crippen LogP contribution in [0.3, 0.4) is 0 Å². The van der Waals surface area contributed by atoms with Crippen molar-refractivity contribution in [1.82, 2.24) is 4.98 Å². The van der Waals surface area contributed by atoms with Crippen molar-refractivity contribution in [1.29, 1.82) is 0 Å². The lowest BCUT2D eigenvalue weighted by Gasteiger charge is -1.99. The Hall–Kier alpha value is -0.210. The Morgan fingerprint density at radius 2 is 2.10 bits per heavy atom. The summed E-state index contributed by atoms with van der Waals surface area (Å²) in [5.41, 5.74) is 2.03. The smallest absolute Gasteiger partial charge is 0.0523 e. The van der Waals surface area contributed by atoms with Crippen molar-refractivity contribution in [2.24, 2.45) is 0 Å². The zero-order valence-electron chi connectivity index (χ0n) is 5.89. The lowest BCUT2D eigenvalue weighted by molar-refractivity contribution is 1.06. The molecule has 0 aromatic carbocycles. The van der Waals surface area contributed by atoms with Crippen LogP contribution in [0.25, 0.3) is 0 Å². The van der Waals surface area contributed by atoms with Crippen LogP contribution in [0.2, 0.25) is 0 Å². The van der Waals surface area contributed by atoms with Gasteiger partial charge < -0.3 is 0 Å². The minimum atomic E-state index is 1.00. The number of rotatable bonds is 1. The van der Waals surface area contributed by atoms with Gasteiger partial charge in [0.25, 0.3) is 0 Å². The molecule has 0 aliphatic heterocycles. The number of hydrogen-bond acceptors (Lipinski definition) is 2. The Kier molecular flexibility index (Phi) is 2.57. The van der Waals surface area contributed by atoms with Crippen molar-refractivity contribution in [3.8, 4) is 0 Å². The number of nitrogens with zero attached hydrogens (tertiary/aromatic N) is 1. The van der Waals surface area contributed by atoms with Gasteiger partial charge in [-0.1, -0.05) is 0 Å². The fourth-order valence-electron chi connectivity index (χ4n) is 0.755. The third-order valence-electron chi connectivity index (χ3n) is 1.26. The van der Waals surface area contributed by atoms with Crippen LogP contribution in [0.15, 0.2) is 17.0 Å². The second-order valence-electron chi connectivity index (χ2n) is 2.11.